The first kappa shape index (κ1) is 15.2. The van der Waals surface area contributed by atoms with Crippen LogP contribution in [-0.4, -0.2) is 28.4 Å². The minimum atomic E-state index is 0.0148. The first-order chi connectivity index (χ1) is 10.2. The SMILES string of the molecule is CNC(c1cccc(OC)c1)c1ccc(OC)cc1OC. The average molecular weight is 287 g/mol. The second-order valence-electron chi connectivity index (χ2n) is 4.61. The van der Waals surface area contributed by atoms with Crippen LogP contribution in [0.2, 0.25) is 0 Å². The summed E-state index contributed by atoms with van der Waals surface area (Å²) in [5.41, 5.74) is 2.16. The molecule has 112 valence electrons. The van der Waals surface area contributed by atoms with Crippen molar-refractivity contribution in [2.24, 2.45) is 0 Å². The maximum absolute atomic E-state index is 5.50. The molecule has 2 aromatic carbocycles. The summed E-state index contributed by atoms with van der Waals surface area (Å²) in [5, 5.41) is 3.32. The maximum atomic E-state index is 5.50. The Balaban J connectivity index is 2.45. The molecule has 1 atom stereocenters. The van der Waals surface area contributed by atoms with E-state index in [1.54, 1.807) is 21.3 Å². The molecule has 0 amide bonds. The summed E-state index contributed by atoms with van der Waals surface area (Å²) in [6.45, 7) is 0. The molecule has 1 N–H and O–H groups in total. The number of nitrogens with one attached hydrogen (secondary N) is 1. The van der Waals surface area contributed by atoms with Crippen molar-refractivity contribution in [3.8, 4) is 17.2 Å². The largest absolute Gasteiger partial charge is 0.497 e. The maximum Gasteiger partial charge on any atom is 0.127 e. The second kappa shape index (κ2) is 6.99. The highest BCUT2D eigenvalue weighted by Crippen LogP contribution is 2.33. The summed E-state index contributed by atoms with van der Waals surface area (Å²) in [4.78, 5) is 0. The van der Waals surface area contributed by atoms with Crippen molar-refractivity contribution < 1.29 is 14.2 Å². The Hall–Kier alpha value is -2.20. The van der Waals surface area contributed by atoms with E-state index in [-0.39, 0.29) is 6.04 Å². The standard InChI is InChI=1S/C17H21NO3/c1-18-17(12-6-5-7-13(10-12)19-2)15-9-8-14(20-3)11-16(15)21-4/h5-11,17-18H,1-4H3. The lowest BCUT2D eigenvalue weighted by molar-refractivity contribution is 0.388. The summed E-state index contributed by atoms with van der Waals surface area (Å²) in [5.74, 6) is 2.40. The van der Waals surface area contributed by atoms with Crippen molar-refractivity contribution in [3.05, 3.63) is 53.6 Å². The Morgan fingerprint density at radius 2 is 1.57 bits per heavy atom. The van der Waals surface area contributed by atoms with Gasteiger partial charge in [0.15, 0.2) is 0 Å². The van der Waals surface area contributed by atoms with Crippen LogP contribution >= 0.6 is 0 Å². The molecule has 0 heterocycles. The average Bonchev–Trinajstić information content (AvgIpc) is 2.56. The molecular formula is C17H21NO3. The van der Waals surface area contributed by atoms with Gasteiger partial charge in [-0.3, -0.25) is 0 Å². The molecule has 21 heavy (non-hydrogen) atoms. The number of methoxy groups -OCH3 is 3. The monoisotopic (exact) mass is 287 g/mol. The second-order valence-corrected chi connectivity index (χ2v) is 4.61. The molecular weight excluding hydrogens is 266 g/mol. The highest BCUT2D eigenvalue weighted by molar-refractivity contribution is 5.47. The van der Waals surface area contributed by atoms with E-state index in [0.717, 1.165) is 28.4 Å². The van der Waals surface area contributed by atoms with Crippen molar-refractivity contribution in [2.75, 3.05) is 28.4 Å². The smallest absolute Gasteiger partial charge is 0.127 e. The van der Waals surface area contributed by atoms with Gasteiger partial charge in [0, 0.05) is 11.6 Å². The van der Waals surface area contributed by atoms with Crippen LogP contribution in [0.3, 0.4) is 0 Å². The lowest BCUT2D eigenvalue weighted by Crippen LogP contribution is -2.18. The highest BCUT2D eigenvalue weighted by atomic mass is 16.5. The van der Waals surface area contributed by atoms with Crippen molar-refractivity contribution in [1.82, 2.24) is 5.32 Å². The Morgan fingerprint density at radius 1 is 0.857 bits per heavy atom. The van der Waals surface area contributed by atoms with Gasteiger partial charge < -0.3 is 19.5 Å². The van der Waals surface area contributed by atoms with E-state index in [9.17, 15) is 0 Å². The van der Waals surface area contributed by atoms with Crippen LogP contribution in [-0.2, 0) is 0 Å². The fourth-order valence-corrected chi connectivity index (χ4v) is 2.38. The first-order valence-electron chi connectivity index (χ1n) is 6.76. The number of ether oxygens (including phenoxy) is 3. The highest BCUT2D eigenvalue weighted by Gasteiger charge is 2.17. The van der Waals surface area contributed by atoms with E-state index in [2.05, 4.69) is 11.4 Å². The van der Waals surface area contributed by atoms with Gasteiger partial charge in [-0.15, -0.1) is 0 Å². The quantitative estimate of drug-likeness (QED) is 0.886. The fourth-order valence-electron chi connectivity index (χ4n) is 2.38. The molecule has 0 aromatic heterocycles. The normalized spacial score (nSPS) is 11.8. The van der Waals surface area contributed by atoms with Crippen LogP contribution in [0.15, 0.2) is 42.5 Å². The van der Waals surface area contributed by atoms with Gasteiger partial charge in [0.25, 0.3) is 0 Å². The van der Waals surface area contributed by atoms with E-state index in [1.165, 1.54) is 0 Å². The number of rotatable bonds is 6. The van der Waals surface area contributed by atoms with Crippen LogP contribution in [0.25, 0.3) is 0 Å². The summed E-state index contributed by atoms with van der Waals surface area (Å²) in [6.07, 6.45) is 0. The summed E-state index contributed by atoms with van der Waals surface area (Å²) >= 11 is 0. The summed E-state index contributed by atoms with van der Waals surface area (Å²) in [6, 6.07) is 13.8. The van der Waals surface area contributed by atoms with Gasteiger partial charge in [0.1, 0.15) is 17.2 Å². The zero-order valence-electron chi connectivity index (χ0n) is 12.8. The summed E-state index contributed by atoms with van der Waals surface area (Å²) in [7, 11) is 6.90. The van der Waals surface area contributed by atoms with Crippen molar-refractivity contribution in [1.29, 1.82) is 0 Å². The van der Waals surface area contributed by atoms with Gasteiger partial charge >= 0.3 is 0 Å². The third kappa shape index (κ3) is 3.28. The zero-order valence-corrected chi connectivity index (χ0v) is 12.8. The summed E-state index contributed by atoms with van der Waals surface area (Å²) < 4.78 is 16.0. The molecule has 2 rings (SSSR count). The molecule has 0 saturated heterocycles. The Kier molecular flexibility index (Phi) is 5.06. The van der Waals surface area contributed by atoms with E-state index >= 15 is 0 Å². The third-order valence-electron chi connectivity index (χ3n) is 3.47. The molecule has 4 heteroatoms. The van der Waals surface area contributed by atoms with Crippen molar-refractivity contribution >= 4 is 0 Å². The number of benzene rings is 2. The fraction of sp³-hybridized carbons (Fsp3) is 0.294. The van der Waals surface area contributed by atoms with Crippen molar-refractivity contribution in [3.63, 3.8) is 0 Å². The van der Waals surface area contributed by atoms with Gasteiger partial charge in [-0.25, -0.2) is 0 Å². The predicted molar refractivity (Wildman–Crippen MR) is 83.4 cm³/mol. The minimum Gasteiger partial charge on any atom is -0.497 e. The van der Waals surface area contributed by atoms with E-state index in [0.29, 0.717) is 0 Å². The van der Waals surface area contributed by atoms with Gasteiger partial charge in [-0.2, -0.15) is 0 Å². The molecule has 0 spiro atoms. The van der Waals surface area contributed by atoms with E-state index in [1.807, 2.05) is 43.4 Å². The Bertz CT molecular complexity index is 598. The molecule has 2 aromatic rings. The van der Waals surface area contributed by atoms with Gasteiger partial charge in [-0.05, 0) is 36.9 Å². The zero-order chi connectivity index (χ0) is 15.2. The van der Waals surface area contributed by atoms with Gasteiger partial charge in [-0.1, -0.05) is 12.1 Å². The number of hydrogen-bond donors (Lipinski definition) is 1. The molecule has 1 unspecified atom stereocenters. The molecule has 0 aliphatic carbocycles. The van der Waals surface area contributed by atoms with E-state index < -0.39 is 0 Å². The third-order valence-corrected chi connectivity index (χ3v) is 3.47. The van der Waals surface area contributed by atoms with Gasteiger partial charge in [0.05, 0.1) is 27.4 Å². The van der Waals surface area contributed by atoms with Crippen LogP contribution < -0.4 is 19.5 Å². The molecule has 0 bridgehead atoms. The first-order valence-corrected chi connectivity index (χ1v) is 6.76. The molecule has 0 saturated carbocycles. The molecule has 0 aliphatic heterocycles. The predicted octanol–water partition coefficient (Wildman–Crippen LogP) is 3.02. The van der Waals surface area contributed by atoms with E-state index in [4.69, 9.17) is 14.2 Å². The Morgan fingerprint density at radius 3 is 2.19 bits per heavy atom. The molecule has 0 aliphatic rings. The Labute approximate surface area is 125 Å². The molecule has 0 fully saturated rings. The van der Waals surface area contributed by atoms with Crippen LogP contribution in [0.1, 0.15) is 17.2 Å². The topological polar surface area (TPSA) is 39.7 Å². The van der Waals surface area contributed by atoms with Crippen LogP contribution in [0.5, 0.6) is 17.2 Å². The van der Waals surface area contributed by atoms with Crippen LogP contribution in [0, 0.1) is 0 Å². The molecule has 0 radical (unpaired) electrons. The van der Waals surface area contributed by atoms with Crippen molar-refractivity contribution in [2.45, 2.75) is 6.04 Å². The number of hydrogen-bond acceptors (Lipinski definition) is 4. The van der Waals surface area contributed by atoms with Gasteiger partial charge in [0.2, 0.25) is 0 Å². The molecule has 4 nitrogen and oxygen atoms in total. The van der Waals surface area contributed by atoms with Crippen LogP contribution in [0.4, 0.5) is 0 Å². The lowest BCUT2D eigenvalue weighted by Gasteiger charge is -2.21. The minimum absolute atomic E-state index is 0.0148. The lowest BCUT2D eigenvalue weighted by atomic mass is 9.97.